The summed E-state index contributed by atoms with van der Waals surface area (Å²) in [4.78, 5) is 16.7. The van der Waals surface area contributed by atoms with Crippen molar-refractivity contribution in [2.24, 2.45) is 0 Å². The van der Waals surface area contributed by atoms with Crippen molar-refractivity contribution in [3.63, 3.8) is 0 Å². The van der Waals surface area contributed by atoms with E-state index in [1.807, 2.05) is 0 Å². The van der Waals surface area contributed by atoms with Gasteiger partial charge in [0.2, 0.25) is 0 Å². The molecule has 160 valence electrons. The Bertz CT molecular complexity index is 1040. The summed E-state index contributed by atoms with van der Waals surface area (Å²) in [5.41, 5.74) is 5.06. The molecule has 1 aromatic carbocycles. The van der Waals surface area contributed by atoms with Crippen molar-refractivity contribution in [2.75, 3.05) is 50.6 Å². The van der Waals surface area contributed by atoms with Crippen LogP contribution in [0.5, 0.6) is 0 Å². The average Bonchev–Trinajstić information content (AvgIpc) is 3.01. The zero-order valence-corrected chi connectivity index (χ0v) is 19.4. The van der Waals surface area contributed by atoms with E-state index in [4.69, 9.17) is 14.7 Å². The highest BCUT2D eigenvalue weighted by atomic mass is 32.1. The first-order chi connectivity index (χ1) is 14.4. The molecule has 4 rings (SSSR count). The predicted octanol–water partition coefficient (Wildman–Crippen LogP) is 4.13. The number of nitrogens with zero attached hydrogens (tertiary/aromatic N) is 4. The lowest BCUT2D eigenvalue weighted by Crippen LogP contribution is -2.36. The van der Waals surface area contributed by atoms with Gasteiger partial charge in [0.1, 0.15) is 16.5 Å². The molecule has 1 fully saturated rings. The summed E-state index contributed by atoms with van der Waals surface area (Å²) < 4.78 is 5.48. The molecule has 1 aliphatic rings. The number of benzene rings is 1. The largest absolute Gasteiger partial charge is 0.379 e. The highest BCUT2D eigenvalue weighted by molar-refractivity contribution is 7.18. The maximum Gasteiger partial charge on any atom is 0.146 e. The minimum atomic E-state index is 0.747. The van der Waals surface area contributed by atoms with Crippen molar-refractivity contribution in [1.29, 1.82) is 0 Å². The van der Waals surface area contributed by atoms with E-state index in [1.165, 1.54) is 27.3 Å². The number of thiophene rings is 1. The second kappa shape index (κ2) is 8.88. The van der Waals surface area contributed by atoms with Crippen LogP contribution in [0.4, 0.5) is 11.5 Å². The van der Waals surface area contributed by atoms with Crippen LogP contribution in [0, 0.1) is 20.8 Å². The van der Waals surface area contributed by atoms with Crippen LogP contribution in [-0.2, 0) is 17.8 Å². The number of anilines is 2. The van der Waals surface area contributed by atoms with Gasteiger partial charge in [-0.1, -0.05) is 6.07 Å². The summed E-state index contributed by atoms with van der Waals surface area (Å²) in [6.45, 7) is 11.5. The molecule has 1 aliphatic heterocycles. The maximum atomic E-state index is 5.48. The Labute approximate surface area is 182 Å². The molecule has 6 nitrogen and oxygen atoms in total. The third kappa shape index (κ3) is 4.43. The first-order valence-electron chi connectivity index (χ1n) is 10.5. The molecule has 3 heterocycles. The first-order valence-corrected chi connectivity index (χ1v) is 11.3. The van der Waals surface area contributed by atoms with E-state index in [1.54, 1.807) is 11.3 Å². The van der Waals surface area contributed by atoms with Gasteiger partial charge in [-0.15, -0.1) is 11.3 Å². The number of aromatic nitrogens is 2. The van der Waals surface area contributed by atoms with Gasteiger partial charge in [0.05, 0.1) is 25.1 Å². The molecule has 1 saturated heterocycles. The van der Waals surface area contributed by atoms with Crippen LogP contribution in [-0.4, -0.2) is 55.3 Å². The fourth-order valence-electron chi connectivity index (χ4n) is 3.79. The summed E-state index contributed by atoms with van der Waals surface area (Å²) in [6.07, 6.45) is 0. The van der Waals surface area contributed by atoms with Gasteiger partial charge in [0, 0.05) is 44.3 Å². The Kier molecular flexibility index (Phi) is 6.22. The Morgan fingerprint density at radius 3 is 2.60 bits per heavy atom. The average molecular weight is 426 g/mol. The number of nitrogens with one attached hydrogen (secondary N) is 1. The molecule has 0 aliphatic carbocycles. The number of morpholine rings is 1. The Hall–Kier alpha value is -2.22. The normalized spacial score (nSPS) is 15.0. The fourth-order valence-corrected chi connectivity index (χ4v) is 4.84. The van der Waals surface area contributed by atoms with E-state index in [-0.39, 0.29) is 0 Å². The summed E-state index contributed by atoms with van der Waals surface area (Å²) in [6, 6.07) is 6.61. The van der Waals surface area contributed by atoms with Gasteiger partial charge in [-0.05, 0) is 49.6 Å². The van der Waals surface area contributed by atoms with Crippen LogP contribution < -0.4 is 10.2 Å². The Morgan fingerprint density at radius 1 is 1.13 bits per heavy atom. The van der Waals surface area contributed by atoms with E-state index in [0.29, 0.717) is 0 Å². The lowest BCUT2D eigenvalue weighted by atomic mass is 10.1. The number of ether oxygens (including phenoxy) is 1. The van der Waals surface area contributed by atoms with Gasteiger partial charge in [0.15, 0.2) is 0 Å². The van der Waals surface area contributed by atoms with Crippen molar-refractivity contribution < 1.29 is 4.74 Å². The van der Waals surface area contributed by atoms with Crippen LogP contribution in [0.25, 0.3) is 10.2 Å². The van der Waals surface area contributed by atoms with E-state index in [2.05, 4.69) is 68.2 Å². The quantitative estimate of drug-likeness (QED) is 0.641. The molecule has 0 radical (unpaired) electrons. The van der Waals surface area contributed by atoms with Crippen molar-refractivity contribution in [3.05, 3.63) is 45.6 Å². The topological polar surface area (TPSA) is 53.5 Å². The van der Waals surface area contributed by atoms with E-state index >= 15 is 0 Å². The van der Waals surface area contributed by atoms with Gasteiger partial charge >= 0.3 is 0 Å². The molecule has 0 atom stereocenters. The molecular formula is C23H31N5OS. The summed E-state index contributed by atoms with van der Waals surface area (Å²) in [5, 5.41) is 4.78. The predicted molar refractivity (Wildman–Crippen MR) is 126 cm³/mol. The highest BCUT2D eigenvalue weighted by Crippen LogP contribution is 2.34. The van der Waals surface area contributed by atoms with Gasteiger partial charge in [-0.2, -0.15) is 0 Å². The molecule has 30 heavy (non-hydrogen) atoms. The zero-order chi connectivity index (χ0) is 21.3. The summed E-state index contributed by atoms with van der Waals surface area (Å²) in [5.74, 6) is 1.83. The maximum absolute atomic E-state index is 5.48. The van der Waals surface area contributed by atoms with E-state index in [9.17, 15) is 0 Å². The molecule has 7 heteroatoms. The molecule has 0 spiro atoms. The van der Waals surface area contributed by atoms with Crippen molar-refractivity contribution in [2.45, 2.75) is 33.9 Å². The highest BCUT2D eigenvalue weighted by Gasteiger charge is 2.18. The first kappa shape index (κ1) is 21.0. The second-order valence-corrected chi connectivity index (χ2v) is 9.40. The van der Waals surface area contributed by atoms with Crippen LogP contribution in [0.15, 0.2) is 18.2 Å². The minimum Gasteiger partial charge on any atom is -0.379 e. The molecule has 3 aromatic rings. The van der Waals surface area contributed by atoms with E-state index < -0.39 is 0 Å². The third-order valence-electron chi connectivity index (χ3n) is 5.83. The smallest absolute Gasteiger partial charge is 0.146 e. The van der Waals surface area contributed by atoms with Crippen LogP contribution in [0.3, 0.4) is 0 Å². The number of aryl methyl sites for hydroxylation is 3. The molecule has 2 aromatic heterocycles. The lowest BCUT2D eigenvalue weighted by Gasteiger charge is -2.25. The van der Waals surface area contributed by atoms with Crippen molar-refractivity contribution >= 4 is 33.1 Å². The lowest BCUT2D eigenvalue weighted by molar-refractivity contribution is 0.0331. The fraction of sp³-hybridized carbons (Fsp3) is 0.478. The number of hydrogen-bond donors (Lipinski definition) is 1. The van der Waals surface area contributed by atoms with Gasteiger partial charge < -0.3 is 15.0 Å². The number of rotatable bonds is 6. The molecule has 0 bridgehead atoms. The molecule has 0 unspecified atom stereocenters. The number of fused-ring (bicyclic) bond motifs is 1. The minimum absolute atomic E-state index is 0.747. The van der Waals surface area contributed by atoms with Crippen LogP contribution >= 0.6 is 11.3 Å². The van der Waals surface area contributed by atoms with E-state index in [0.717, 1.165) is 61.3 Å². The monoisotopic (exact) mass is 425 g/mol. The Balaban J connectivity index is 1.61. The van der Waals surface area contributed by atoms with Gasteiger partial charge in [-0.3, -0.25) is 4.90 Å². The molecule has 1 N–H and O–H groups in total. The summed E-state index contributed by atoms with van der Waals surface area (Å²) >= 11 is 1.76. The van der Waals surface area contributed by atoms with Gasteiger partial charge in [0.25, 0.3) is 0 Å². The standard InChI is InChI=1S/C23H31N5OS/c1-15-12-19(27(4)5)7-6-18(15)13-24-22-21-16(2)17(3)30-23(21)26-20(25-22)14-28-8-10-29-11-9-28/h6-7,12H,8-11,13-14H2,1-5H3,(H,24,25,26). The summed E-state index contributed by atoms with van der Waals surface area (Å²) in [7, 11) is 4.14. The molecule has 0 amide bonds. The second-order valence-electron chi connectivity index (χ2n) is 8.20. The van der Waals surface area contributed by atoms with Crippen LogP contribution in [0.1, 0.15) is 27.4 Å². The Morgan fingerprint density at radius 2 is 1.90 bits per heavy atom. The molecular weight excluding hydrogens is 394 g/mol. The SMILES string of the molecule is Cc1cc(N(C)C)ccc1CNc1nc(CN2CCOCC2)nc2sc(C)c(C)c12. The van der Waals surface area contributed by atoms with Crippen LogP contribution in [0.2, 0.25) is 0 Å². The zero-order valence-electron chi connectivity index (χ0n) is 18.6. The van der Waals surface area contributed by atoms with Crippen molar-refractivity contribution in [3.8, 4) is 0 Å². The van der Waals surface area contributed by atoms with Gasteiger partial charge in [-0.25, -0.2) is 9.97 Å². The molecule has 0 saturated carbocycles. The third-order valence-corrected chi connectivity index (χ3v) is 6.93. The number of hydrogen-bond acceptors (Lipinski definition) is 7. The van der Waals surface area contributed by atoms with Crippen molar-refractivity contribution in [1.82, 2.24) is 14.9 Å².